The maximum absolute atomic E-state index is 12.5. The number of carbonyl (C=O) groups excluding carboxylic acids is 1. The number of likely N-dealkylation sites (tertiary alicyclic amines) is 1. The number of para-hydroxylation sites is 2. The monoisotopic (exact) mass is 275 g/mol. The van der Waals surface area contributed by atoms with Crippen molar-refractivity contribution < 1.29 is 9.53 Å². The number of methoxy groups -OCH3 is 1. The number of piperidine rings is 1. The molecule has 0 bridgehead atoms. The molecule has 1 aromatic rings. The Labute approximate surface area is 119 Å². The molecular formula is C15H21N3O2. The Kier molecular flexibility index (Phi) is 3.78. The summed E-state index contributed by atoms with van der Waals surface area (Å²) in [6.07, 6.45) is 2.16. The predicted octanol–water partition coefficient (Wildman–Crippen LogP) is 1.53. The summed E-state index contributed by atoms with van der Waals surface area (Å²) in [5.74, 6) is 0.182. The molecule has 2 heterocycles. The fourth-order valence-corrected chi connectivity index (χ4v) is 2.90. The van der Waals surface area contributed by atoms with E-state index in [-0.39, 0.29) is 11.9 Å². The standard InChI is InChI=1S/C15H21N3O2/c1-20-11-6-8-18(9-7-11)15(19)14-10-16-12-4-2-3-5-13(12)17-14/h2-5,11,14,16-17H,6-10H2,1H3. The van der Waals surface area contributed by atoms with Gasteiger partial charge in [-0.1, -0.05) is 12.1 Å². The molecule has 108 valence electrons. The normalized spacial score (nSPS) is 22.6. The number of anilines is 2. The van der Waals surface area contributed by atoms with Crippen LogP contribution in [0.15, 0.2) is 24.3 Å². The minimum atomic E-state index is -0.177. The third-order valence-corrected chi connectivity index (χ3v) is 4.14. The van der Waals surface area contributed by atoms with E-state index >= 15 is 0 Å². The highest BCUT2D eigenvalue weighted by molar-refractivity contribution is 5.88. The smallest absolute Gasteiger partial charge is 0.246 e. The molecule has 1 fully saturated rings. The van der Waals surface area contributed by atoms with E-state index in [1.807, 2.05) is 29.2 Å². The Bertz CT molecular complexity index is 484. The molecule has 0 aliphatic carbocycles. The van der Waals surface area contributed by atoms with E-state index in [0.29, 0.717) is 12.6 Å². The third kappa shape index (κ3) is 2.58. The van der Waals surface area contributed by atoms with Gasteiger partial charge >= 0.3 is 0 Å². The van der Waals surface area contributed by atoms with Gasteiger partial charge in [-0.2, -0.15) is 0 Å². The van der Waals surface area contributed by atoms with Crippen molar-refractivity contribution in [2.45, 2.75) is 25.0 Å². The lowest BCUT2D eigenvalue weighted by molar-refractivity contribution is -0.134. The average Bonchev–Trinajstić information content (AvgIpc) is 2.54. The zero-order valence-electron chi connectivity index (χ0n) is 11.8. The fraction of sp³-hybridized carbons (Fsp3) is 0.533. The molecule has 2 N–H and O–H groups in total. The van der Waals surface area contributed by atoms with Gasteiger partial charge in [0.25, 0.3) is 0 Å². The highest BCUT2D eigenvalue weighted by atomic mass is 16.5. The summed E-state index contributed by atoms with van der Waals surface area (Å²) in [6, 6.07) is 7.81. The molecule has 3 rings (SSSR count). The van der Waals surface area contributed by atoms with E-state index in [9.17, 15) is 4.79 Å². The molecule has 2 aliphatic rings. The van der Waals surface area contributed by atoms with Gasteiger partial charge in [0.2, 0.25) is 5.91 Å². The van der Waals surface area contributed by atoms with Gasteiger partial charge < -0.3 is 20.3 Å². The average molecular weight is 275 g/mol. The van der Waals surface area contributed by atoms with E-state index in [0.717, 1.165) is 37.3 Å². The van der Waals surface area contributed by atoms with E-state index < -0.39 is 0 Å². The van der Waals surface area contributed by atoms with Crippen molar-refractivity contribution in [2.75, 3.05) is 37.4 Å². The molecule has 5 heteroatoms. The van der Waals surface area contributed by atoms with Crippen molar-refractivity contribution in [2.24, 2.45) is 0 Å². The Hall–Kier alpha value is -1.75. The Balaban J connectivity index is 1.62. The third-order valence-electron chi connectivity index (χ3n) is 4.14. The Morgan fingerprint density at radius 1 is 1.25 bits per heavy atom. The molecule has 5 nitrogen and oxygen atoms in total. The summed E-state index contributed by atoms with van der Waals surface area (Å²) in [4.78, 5) is 14.5. The van der Waals surface area contributed by atoms with Crippen molar-refractivity contribution in [3.63, 3.8) is 0 Å². The number of ether oxygens (including phenoxy) is 1. The second-order valence-electron chi connectivity index (χ2n) is 5.38. The molecular weight excluding hydrogens is 254 g/mol. The highest BCUT2D eigenvalue weighted by Gasteiger charge is 2.30. The molecule has 2 aliphatic heterocycles. The molecule has 1 unspecified atom stereocenters. The summed E-state index contributed by atoms with van der Waals surface area (Å²) in [5, 5.41) is 6.65. The van der Waals surface area contributed by atoms with Gasteiger partial charge in [0.05, 0.1) is 17.5 Å². The largest absolute Gasteiger partial charge is 0.381 e. The first kappa shape index (κ1) is 13.2. The SMILES string of the molecule is COC1CCN(C(=O)C2CNc3ccccc3N2)CC1. The molecule has 1 amide bonds. The molecule has 1 aromatic carbocycles. The number of benzene rings is 1. The predicted molar refractivity (Wildman–Crippen MR) is 79.0 cm³/mol. The van der Waals surface area contributed by atoms with Gasteiger partial charge in [-0.3, -0.25) is 4.79 Å². The van der Waals surface area contributed by atoms with Crippen molar-refractivity contribution >= 4 is 17.3 Å². The van der Waals surface area contributed by atoms with Crippen molar-refractivity contribution in [1.82, 2.24) is 4.90 Å². The quantitative estimate of drug-likeness (QED) is 0.859. The fourth-order valence-electron chi connectivity index (χ4n) is 2.90. The summed E-state index contributed by atoms with van der Waals surface area (Å²) >= 11 is 0. The summed E-state index contributed by atoms with van der Waals surface area (Å²) in [5.41, 5.74) is 2.07. The molecule has 0 spiro atoms. The number of fused-ring (bicyclic) bond motifs is 1. The van der Waals surface area contributed by atoms with Crippen molar-refractivity contribution in [3.05, 3.63) is 24.3 Å². The van der Waals surface area contributed by atoms with Crippen LogP contribution in [0, 0.1) is 0 Å². The van der Waals surface area contributed by atoms with Gasteiger partial charge in [-0.05, 0) is 25.0 Å². The van der Waals surface area contributed by atoms with E-state index in [2.05, 4.69) is 10.6 Å². The molecule has 1 saturated heterocycles. The van der Waals surface area contributed by atoms with Gasteiger partial charge in [0.15, 0.2) is 0 Å². The molecule has 0 saturated carbocycles. The van der Waals surface area contributed by atoms with Crippen LogP contribution in [0.4, 0.5) is 11.4 Å². The van der Waals surface area contributed by atoms with Gasteiger partial charge in [-0.15, -0.1) is 0 Å². The van der Waals surface area contributed by atoms with Crippen LogP contribution in [0.25, 0.3) is 0 Å². The molecule has 0 radical (unpaired) electrons. The second-order valence-corrected chi connectivity index (χ2v) is 5.38. The van der Waals surface area contributed by atoms with E-state index in [1.165, 1.54) is 0 Å². The highest BCUT2D eigenvalue weighted by Crippen LogP contribution is 2.26. The first-order chi connectivity index (χ1) is 9.78. The number of rotatable bonds is 2. The van der Waals surface area contributed by atoms with Crippen LogP contribution in [-0.2, 0) is 9.53 Å². The lowest BCUT2D eigenvalue weighted by Crippen LogP contribution is -2.51. The van der Waals surface area contributed by atoms with Crippen LogP contribution in [0.2, 0.25) is 0 Å². The topological polar surface area (TPSA) is 53.6 Å². The number of hydrogen-bond donors (Lipinski definition) is 2. The minimum Gasteiger partial charge on any atom is -0.381 e. The summed E-state index contributed by atoms with van der Waals surface area (Å²) in [6.45, 7) is 2.22. The van der Waals surface area contributed by atoms with Crippen LogP contribution in [0.3, 0.4) is 0 Å². The Morgan fingerprint density at radius 2 is 1.95 bits per heavy atom. The Morgan fingerprint density at radius 3 is 2.65 bits per heavy atom. The van der Waals surface area contributed by atoms with E-state index in [1.54, 1.807) is 7.11 Å². The lowest BCUT2D eigenvalue weighted by atomic mass is 10.1. The number of nitrogens with one attached hydrogen (secondary N) is 2. The van der Waals surface area contributed by atoms with Gasteiger partial charge in [-0.25, -0.2) is 0 Å². The number of hydrogen-bond acceptors (Lipinski definition) is 4. The minimum absolute atomic E-state index is 0.177. The van der Waals surface area contributed by atoms with Crippen molar-refractivity contribution in [3.8, 4) is 0 Å². The first-order valence-electron chi connectivity index (χ1n) is 7.19. The molecule has 1 atom stereocenters. The maximum Gasteiger partial charge on any atom is 0.246 e. The second kappa shape index (κ2) is 5.71. The summed E-state index contributed by atoms with van der Waals surface area (Å²) < 4.78 is 5.35. The number of nitrogens with zero attached hydrogens (tertiary/aromatic N) is 1. The van der Waals surface area contributed by atoms with Gasteiger partial charge in [0.1, 0.15) is 6.04 Å². The first-order valence-corrected chi connectivity index (χ1v) is 7.19. The van der Waals surface area contributed by atoms with Crippen LogP contribution >= 0.6 is 0 Å². The zero-order chi connectivity index (χ0) is 13.9. The van der Waals surface area contributed by atoms with Gasteiger partial charge in [0, 0.05) is 26.7 Å². The van der Waals surface area contributed by atoms with Crippen molar-refractivity contribution in [1.29, 1.82) is 0 Å². The zero-order valence-corrected chi connectivity index (χ0v) is 11.8. The van der Waals surface area contributed by atoms with Crippen LogP contribution in [0.1, 0.15) is 12.8 Å². The molecule has 20 heavy (non-hydrogen) atoms. The number of carbonyl (C=O) groups is 1. The molecule has 0 aromatic heterocycles. The number of amides is 1. The maximum atomic E-state index is 12.5. The van der Waals surface area contributed by atoms with E-state index in [4.69, 9.17) is 4.74 Å². The van der Waals surface area contributed by atoms with Crippen LogP contribution in [-0.4, -0.2) is 49.7 Å². The summed E-state index contributed by atoms with van der Waals surface area (Å²) in [7, 11) is 1.74. The lowest BCUT2D eigenvalue weighted by Gasteiger charge is -2.36. The van der Waals surface area contributed by atoms with Crippen LogP contribution < -0.4 is 10.6 Å². The van der Waals surface area contributed by atoms with Crippen LogP contribution in [0.5, 0.6) is 0 Å².